The van der Waals surface area contributed by atoms with Crippen molar-refractivity contribution in [2.45, 2.75) is 76.9 Å². The fraction of sp³-hybridized carbons (Fsp3) is 0.625. The van der Waals surface area contributed by atoms with E-state index >= 15 is 0 Å². The summed E-state index contributed by atoms with van der Waals surface area (Å²) < 4.78 is 1.50. The first kappa shape index (κ1) is 21.1. The molecule has 3 aliphatic rings. The zero-order valence-corrected chi connectivity index (χ0v) is 18.6. The van der Waals surface area contributed by atoms with E-state index in [2.05, 4.69) is 17.0 Å². The van der Waals surface area contributed by atoms with Gasteiger partial charge in [0.25, 0.3) is 5.91 Å². The lowest BCUT2D eigenvalue weighted by Crippen LogP contribution is -2.45. The van der Waals surface area contributed by atoms with Crippen LogP contribution in [0.1, 0.15) is 68.8 Å². The number of fused-ring (bicyclic) bond motifs is 2. The van der Waals surface area contributed by atoms with Crippen LogP contribution in [0.5, 0.6) is 0 Å². The molecule has 5 atom stereocenters. The van der Waals surface area contributed by atoms with E-state index in [1.54, 1.807) is 18.5 Å². The minimum absolute atomic E-state index is 0.0240. The van der Waals surface area contributed by atoms with Crippen LogP contribution in [0.15, 0.2) is 18.5 Å². The van der Waals surface area contributed by atoms with Crippen molar-refractivity contribution < 1.29 is 14.4 Å². The van der Waals surface area contributed by atoms with Crippen LogP contribution in [-0.4, -0.2) is 49.3 Å². The van der Waals surface area contributed by atoms with Crippen LogP contribution >= 0.6 is 0 Å². The summed E-state index contributed by atoms with van der Waals surface area (Å²) in [5.41, 5.74) is 6.20. The molecule has 8 nitrogen and oxygen atoms in total. The van der Waals surface area contributed by atoms with Gasteiger partial charge in [-0.05, 0) is 43.1 Å². The molecule has 1 saturated heterocycles. The van der Waals surface area contributed by atoms with Gasteiger partial charge in [-0.25, -0.2) is 0 Å². The van der Waals surface area contributed by atoms with E-state index in [0.717, 1.165) is 31.6 Å². The van der Waals surface area contributed by atoms with E-state index in [0.29, 0.717) is 29.2 Å². The van der Waals surface area contributed by atoms with Crippen LogP contribution in [0.2, 0.25) is 0 Å². The maximum Gasteiger partial charge on any atom is 0.269 e. The summed E-state index contributed by atoms with van der Waals surface area (Å²) in [7, 11) is 0. The zero-order chi connectivity index (χ0) is 22.4. The molecule has 0 aromatic carbocycles. The average molecular weight is 438 g/mol. The van der Waals surface area contributed by atoms with Gasteiger partial charge in [0.2, 0.25) is 5.91 Å². The van der Waals surface area contributed by atoms with Gasteiger partial charge in [0.1, 0.15) is 6.54 Å². The molecule has 2 aromatic rings. The Bertz CT molecular complexity index is 1060. The molecule has 2 saturated carbocycles. The number of carbonyl (C=O) groups is 3. The first-order chi connectivity index (χ1) is 15.5. The molecule has 8 heteroatoms. The molecule has 2 aliphatic carbocycles. The van der Waals surface area contributed by atoms with Crippen molar-refractivity contribution in [1.29, 1.82) is 0 Å². The second-order valence-corrected chi connectivity index (χ2v) is 9.86. The molecule has 2 amide bonds. The zero-order valence-electron chi connectivity index (χ0n) is 18.6. The van der Waals surface area contributed by atoms with Gasteiger partial charge in [0.15, 0.2) is 11.5 Å². The Morgan fingerprint density at radius 1 is 1.16 bits per heavy atom. The standard InChI is InChI=1S/C24H31N5O3/c1-2-14-4-3-5-15(8-14)9-21(30)19-11-16-10-18(16)29(19)22(31)13-28-20-12-26-7-6-17(20)23(27-28)24(25)32/h6-7,12,14-16,18-19H,2-5,8-11,13H2,1H3,(H2,25,32)/t14-,15+,16-,18-,19+/m1/s1. The minimum Gasteiger partial charge on any atom is -0.364 e. The SMILES string of the molecule is CC[C@@H]1CCC[C@H](CC(=O)[C@@H]2C[C@H]3C[C@H]3N2C(=O)Cn2nc(C(N)=O)c3ccncc32)C1. The number of hydrogen-bond acceptors (Lipinski definition) is 5. The monoisotopic (exact) mass is 437 g/mol. The molecule has 0 spiro atoms. The number of amides is 2. The Labute approximate surface area is 187 Å². The quantitative estimate of drug-likeness (QED) is 0.716. The van der Waals surface area contributed by atoms with Gasteiger partial charge in [-0.3, -0.25) is 24.0 Å². The number of rotatable bonds is 7. The van der Waals surface area contributed by atoms with Crippen molar-refractivity contribution in [3.05, 3.63) is 24.2 Å². The largest absolute Gasteiger partial charge is 0.364 e. The van der Waals surface area contributed by atoms with E-state index in [-0.39, 0.29) is 36.0 Å². The van der Waals surface area contributed by atoms with Crippen LogP contribution < -0.4 is 5.73 Å². The number of carbonyl (C=O) groups excluding carboxylic acids is 3. The molecular weight excluding hydrogens is 406 g/mol. The van der Waals surface area contributed by atoms with Crippen molar-refractivity contribution in [1.82, 2.24) is 19.7 Å². The topological polar surface area (TPSA) is 111 Å². The first-order valence-electron chi connectivity index (χ1n) is 11.9. The summed E-state index contributed by atoms with van der Waals surface area (Å²) in [6.07, 6.45) is 11.4. The number of nitrogens with zero attached hydrogens (tertiary/aromatic N) is 4. The Hall–Kier alpha value is -2.77. The smallest absolute Gasteiger partial charge is 0.269 e. The summed E-state index contributed by atoms with van der Waals surface area (Å²) in [6, 6.07) is 1.53. The first-order valence-corrected chi connectivity index (χ1v) is 11.9. The lowest BCUT2D eigenvalue weighted by Gasteiger charge is -2.31. The van der Waals surface area contributed by atoms with E-state index in [9.17, 15) is 14.4 Å². The van der Waals surface area contributed by atoms with Crippen LogP contribution in [0, 0.1) is 17.8 Å². The molecule has 32 heavy (non-hydrogen) atoms. The molecule has 3 heterocycles. The second-order valence-electron chi connectivity index (χ2n) is 9.86. The number of nitrogens with two attached hydrogens (primary N) is 1. The number of piperidine rings is 1. The molecular formula is C24H31N5O3. The van der Waals surface area contributed by atoms with Gasteiger partial charge in [-0.2, -0.15) is 5.10 Å². The average Bonchev–Trinajstić information content (AvgIpc) is 3.29. The van der Waals surface area contributed by atoms with Crippen molar-refractivity contribution in [2.75, 3.05) is 0 Å². The summed E-state index contributed by atoms with van der Waals surface area (Å²) >= 11 is 0. The highest BCUT2D eigenvalue weighted by Crippen LogP contribution is 2.49. The van der Waals surface area contributed by atoms with Crippen molar-refractivity contribution in [2.24, 2.45) is 23.5 Å². The number of hydrogen-bond donors (Lipinski definition) is 1. The lowest BCUT2D eigenvalue weighted by atomic mass is 9.77. The Balaban J connectivity index is 1.32. The molecule has 0 bridgehead atoms. The number of likely N-dealkylation sites (tertiary alicyclic amines) is 1. The molecule has 2 aromatic heterocycles. The fourth-order valence-electron chi connectivity index (χ4n) is 6.01. The third-order valence-electron chi connectivity index (χ3n) is 7.79. The Morgan fingerprint density at radius 3 is 2.75 bits per heavy atom. The fourth-order valence-corrected chi connectivity index (χ4v) is 6.01. The number of primary amides is 1. The minimum atomic E-state index is -0.637. The van der Waals surface area contributed by atoms with Crippen LogP contribution in [0.25, 0.3) is 10.9 Å². The van der Waals surface area contributed by atoms with E-state index < -0.39 is 5.91 Å². The predicted molar refractivity (Wildman–Crippen MR) is 119 cm³/mol. The molecule has 1 aliphatic heterocycles. The summed E-state index contributed by atoms with van der Waals surface area (Å²) in [6.45, 7) is 2.21. The second kappa shape index (κ2) is 8.30. The maximum absolute atomic E-state index is 13.4. The van der Waals surface area contributed by atoms with Crippen molar-refractivity contribution in [3.8, 4) is 0 Å². The lowest BCUT2D eigenvalue weighted by molar-refractivity contribution is -0.140. The summed E-state index contributed by atoms with van der Waals surface area (Å²) in [5.74, 6) is 1.10. The van der Waals surface area contributed by atoms with Crippen LogP contribution in [0.4, 0.5) is 0 Å². The van der Waals surface area contributed by atoms with E-state index in [4.69, 9.17) is 5.73 Å². The summed E-state index contributed by atoms with van der Waals surface area (Å²) in [5, 5.41) is 4.87. The summed E-state index contributed by atoms with van der Waals surface area (Å²) in [4.78, 5) is 44.3. The molecule has 2 N–H and O–H groups in total. The van der Waals surface area contributed by atoms with Crippen molar-refractivity contribution in [3.63, 3.8) is 0 Å². The van der Waals surface area contributed by atoms with Gasteiger partial charge in [-0.1, -0.05) is 32.6 Å². The molecule has 170 valence electrons. The normalized spacial score (nSPS) is 29.2. The Morgan fingerprint density at radius 2 is 1.97 bits per heavy atom. The van der Waals surface area contributed by atoms with Gasteiger partial charge in [0.05, 0.1) is 17.8 Å². The number of ketones is 1. The molecule has 0 unspecified atom stereocenters. The van der Waals surface area contributed by atoms with E-state index in [1.165, 1.54) is 23.9 Å². The molecule has 0 radical (unpaired) electrons. The maximum atomic E-state index is 13.4. The van der Waals surface area contributed by atoms with Gasteiger partial charge in [0, 0.05) is 24.0 Å². The van der Waals surface area contributed by atoms with Crippen LogP contribution in [-0.2, 0) is 16.1 Å². The van der Waals surface area contributed by atoms with Gasteiger partial charge in [-0.15, -0.1) is 0 Å². The number of aromatic nitrogens is 3. The highest BCUT2D eigenvalue weighted by molar-refractivity contribution is 6.04. The third kappa shape index (κ3) is 3.80. The molecule has 3 fully saturated rings. The van der Waals surface area contributed by atoms with Gasteiger partial charge < -0.3 is 10.6 Å². The van der Waals surface area contributed by atoms with Crippen LogP contribution in [0.3, 0.4) is 0 Å². The highest BCUT2D eigenvalue weighted by Gasteiger charge is 2.55. The van der Waals surface area contributed by atoms with Gasteiger partial charge >= 0.3 is 0 Å². The van der Waals surface area contributed by atoms with Crippen molar-refractivity contribution >= 4 is 28.5 Å². The predicted octanol–water partition coefficient (Wildman–Crippen LogP) is 2.70. The number of pyridine rings is 1. The Kier molecular flexibility index (Phi) is 5.47. The molecule has 5 rings (SSSR count). The highest BCUT2D eigenvalue weighted by atomic mass is 16.2. The number of Topliss-reactive ketones (excluding diaryl/α,β-unsaturated/α-hetero) is 1. The third-order valence-corrected chi connectivity index (χ3v) is 7.79. The van der Waals surface area contributed by atoms with E-state index in [1.807, 2.05) is 4.90 Å².